The quantitative estimate of drug-likeness (QED) is 0.776. The van der Waals surface area contributed by atoms with Crippen molar-refractivity contribution in [3.8, 4) is 5.75 Å². The molecule has 0 bridgehead atoms. The van der Waals surface area contributed by atoms with Crippen LogP contribution in [0.3, 0.4) is 0 Å². The normalized spacial score (nSPS) is 23.3. The van der Waals surface area contributed by atoms with Gasteiger partial charge in [-0.05, 0) is 43.4 Å². The number of ether oxygens (including phenoxy) is 1. The molecule has 2 saturated heterocycles. The van der Waals surface area contributed by atoms with Crippen LogP contribution in [-0.4, -0.2) is 53.9 Å². The summed E-state index contributed by atoms with van der Waals surface area (Å²) in [5.41, 5.74) is -0.967. The fourth-order valence-corrected chi connectivity index (χ4v) is 3.50. The van der Waals surface area contributed by atoms with Crippen molar-refractivity contribution < 1.29 is 27.9 Å². The van der Waals surface area contributed by atoms with E-state index in [9.17, 15) is 23.2 Å². The number of imide groups is 1. The van der Waals surface area contributed by atoms with Gasteiger partial charge in [-0.2, -0.15) is 8.78 Å². The summed E-state index contributed by atoms with van der Waals surface area (Å²) in [6, 6.07) is 4.82. The standard InChI is InChI=1S/C19H23F2N3O4/c1-12-7-9-23(10-8-12)15(25)11-24-16(26)19(2,22-18(24)27)13-3-5-14(6-4-13)28-17(20)21/h3-6,12,17H,7-11H2,1-2H3,(H,22,27). The summed E-state index contributed by atoms with van der Waals surface area (Å²) in [7, 11) is 0. The summed E-state index contributed by atoms with van der Waals surface area (Å²) in [5, 5.41) is 2.60. The van der Waals surface area contributed by atoms with E-state index in [1.807, 2.05) is 0 Å². The molecule has 1 N–H and O–H groups in total. The molecule has 152 valence electrons. The molecule has 1 aromatic rings. The van der Waals surface area contributed by atoms with E-state index in [1.54, 1.807) is 4.90 Å². The number of nitrogens with zero attached hydrogens (tertiary/aromatic N) is 2. The van der Waals surface area contributed by atoms with Gasteiger partial charge in [0.25, 0.3) is 5.91 Å². The van der Waals surface area contributed by atoms with E-state index in [2.05, 4.69) is 17.0 Å². The van der Waals surface area contributed by atoms with E-state index < -0.39 is 24.1 Å². The number of benzene rings is 1. The number of amides is 4. The average Bonchev–Trinajstić information content (AvgIpc) is 2.86. The van der Waals surface area contributed by atoms with Crippen molar-refractivity contribution in [3.05, 3.63) is 29.8 Å². The summed E-state index contributed by atoms with van der Waals surface area (Å²) in [4.78, 5) is 40.3. The summed E-state index contributed by atoms with van der Waals surface area (Å²) < 4.78 is 28.9. The fraction of sp³-hybridized carbons (Fsp3) is 0.526. The number of alkyl halides is 2. The Hall–Kier alpha value is -2.71. The predicted octanol–water partition coefficient (Wildman–Crippen LogP) is 2.31. The number of carbonyl (C=O) groups is 3. The second-order valence-corrected chi connectivity index (χ2v) is 7.41. The van der Waals surface area contributed by atoms with E-state index in [0.717, 1.165) is 17.7 Å². The number of hydrogen-bond donors (Lipinski definition) is 1. The molecule has 1 unspecified atom stereocenters. The third-order valence-corrected chi connectivity index (χ3v) is 5.36. The van der Waals surface area contributed by atoms with Crippen molar-refractivity contribution in [1.29, 1.82) is 0 Å². The second kappa shape index (κ2) is 7.73. The Morgan fingerprint density at radius 3 is 2.43 bits per heavy atom. The Labute approximate surface area is 161 Å². The minimum atomic E-state index is -2.95. The topological polar surface area (TPSA) is 79.0 Å². The van der Waals surface area contributed by atoms with Gasteiger partial charge in [0.05, 0.1) is 0 Å². The summed E-state index contributed by atoms with van der Waals surface area (Å²) in [5.74, 6) is -0.314. The number of rotatable bonds is 5. The zero-order valence-electron chi connectivity index (χ0n) is 15.8. The summed E-state index contributed by atoms with van der Waals surface area (Å²) in [6.45, 7) is 1.61. The molecule has 28 heavy (non-hydrogen) atoms. The summed E-state index contributed by atoms with van der Waals surface area (Å²) in [6.07, 6.45) is 1.80. The van der Waals surface area contributed by atoms with Gasteiger partial charge in [0.1, 0.15) is 17.8 Å². The highest BCUT2D eigenvalue weighted by molar-refractivity contribution is 6.09. The molecule has 4 amide bonds. The molecule has 2 aliphatic rings. The van der Waals surface area contributed by atoms with Crippen molar-refractivity contribution >= 4 is 17.8 Å². The van der Waals surface area contributed by atoms with Gasteiger partial charge < -0.3 is 15.0 Å². The molecule has 2 heterocycles. The smallest absolute Gasteiger partial charge is 0.387 e. The molecule has 9 heteroatoms. The Bertz CT molecular complexity index is 763. The van der Waals surface area contributed by atoms with Crippen LogP contribution in [0.5, 0.6) is 5.75 Å². The average molecular weight is 395 g/mol. The number of nitrogens with one attached hydrogen (secondary N) is 1. The first-order chi connectivity index (χ1) is 13.2. The molecular formula is C19H23F2N3O4. The van der Waals surface area contributed by atoms with Crippen molar-refractivity contribution in [3.63, 3.8) is 0 Å². The van der Waals surface area contributed by atoms with E-state index >= 15 is 0 Å². The molecular weight excluding hydrogens is 372 g/mol. The first kappa shape index (κ1) is 20.0. The third kappa shape index (κ3) is 3.93. The summed E-state index contributed by atoms with van der Waals surface area (Å²) >= 11 is 0. The minimum Gasteiger partial charge on any atom is -0.435 e. The highest BCUT2D eigenvalue weighted by Crippen LogP contribution is 2.30. The molecule has 0 saturated carbocycles. The first-order valence-corrected chi connectivity index (χ1v) is 9.18. The van der Waals surface area contributed by atoms with Crippen LogP contribution >= 0.6 is 0 Å². The van der Waals surface area contributed by atoms with E-state index in [1.165, 1.54) is 31.2 Å². The van der Waals surface area contributed by atoms with Crippen molar-refractivity contribution in [2.24, 2.45) is 5.92 Å². The number of likely N-dealkylation sites (tertiary alicyclic amines) is 1. The van der Waals surface area contributed by atoms with Crippen LogP contribution < -0.4 is 10.1 Å². The number of hydrogen-bond acceptors (Lipinski definition) is 4. The SMILES string of the molecule is CC1CCN(C(=O)CN2C(=O)NC(C)(c3ccc(OC(F)F)cc3)C2=O)CC1. The van der Waals surface area contributed by atoms with Crippen LogP contribution in [0.2, 0.25) is 0 Å². The molecule has 0 spiro atoms. The van der Waals surface area contributed by atoms with Crippen LogP contribution in [0.25, 0.3) is 0 Å². The third-order valence-electron chi connectivity index (χ3n) is 5.36. The monoisotopic (exact) mass is 395 g/mol. The fourth-order valence-electron chi connectivity index (χ4n) is 3.50. The molecule has 2 aliphatic heterocycles. The Balaban J connectivity index is 1.70. The predicted molar refractivity (Wildman–Crippen MR) is 95.6 cm³/mol. The lowest BCUT2D eigenvalue weighted by molar-refractivity contribution is -0.139. The van der Waals surface area contributed by atoms with Crippen molar-refractivity contribution in [1.82, 2.24) is 15.1 Å². The molecule has 0 radical (unpaired) electrons. The van der Waals surface area contributed by atoms with Crippen LogP contribution in [0.4, 0.5) is 13.6 Å². The zero-order chi connectivity index (χ0) is 20.5. The van der Waals surface area contributed by atoms with Gasteiger partial charge in [-0.15, -0.1) is 0 Å². The number of carbonyl (C=O) groups excluding carboxylic acids is 3. The van der Waals surface area contributed by atoms with Crippen molar-refractivity contribution in [2.75, 3.05) is 19.6 Å². The largest absolute Gasteiger partial charge is 0.435 e. The van der Waals surface area contributed by atoms with Gasteiger partial charge in [-0.3, -0.25) is 14.5 Å². The molecule has 7 nitrogen and oxygen atoms in total. The molecule has 3 rings (SSSR count). The first-order valence-electron chi connectivity index (χ1n) is 9.18. The number of piperidine rings is 1. The van der Waals surface area contributed by atoms with Gasteiger partial charge in [0, 0.05) is 13.1 Å². The molecule has 0 aliphatic carbocycles. The molecule has 0 aromatic heterocycles. The second-order valence-electron chi connectivity index (χ2n) is 7.41. The van der Waals surface area contributed by atoms with E-state index in [0.29, 0.717) is 24.6 Å². The Morgan fingerprint density at radius 2 is 1.86 bits per heavy atom. The lowest BCUT2D eigenvalue weighted by Crippen LogP contribution is -2.46. The highest BCUT2D eigenvalue weighted by atomic mass is 19.3. The maximum absolute atomic E-state index is 12.9. The van der Waals surface area contributed by atoms with Gasteiger partial charge in [-0.25, -0.2) is 4.79 Å². The Morgan fingerprint density at radius 1 is 1.25 bits per heavy atom. The van der Waals surface area contributed by atoms with E-state index in [4.69, 9.17) is 0 Å². The van der Waals surface area contributed by atoms with Gasteiger partial charge >= 0.3 is 12.6 Å². The van der Waals surface area contributed by atoms with Crippen LogP contribution in [0.15, 0.2) is 24.3 Å². The maximum atomic E-state index is 12.9. The van der Waals surface area contributed by atoms with Crippen molar-refractivity contribution in [2.45, 2.75) is 38.8 Å². The number of halogens is 2. The molecule has 2 fully saturated rings. The van der Waals surface area contributed by atoms with Crippen LogP contribution in [0, 0.1) is 5.92 Å². The van der Waals surface area contributed by atoms with Gasteiger partial charge in [0.15, 0.2) is 0 Å². The van der Waals surface area contributed by atoms with Crippen LogP contribution in [0.1, 0.15) is 32.3 Å². The van der Waals surface area contributed by atoms with Gasteiger partial charge in [-0.1, -0.05) is 19.1 Å². The Kier molecular flexibility index (Phi) is 5.53. The minimum absolute atomic E-state index is 0.0505. The zero-order valence-corrected chi connectivity index (χ0v) is 15.8. The highest BCUT2D eigenvalue weighted by Gasteiger charge is 2.49. The maximum Gasteiger partial charge on any atom is 0.387 e. The molecule has 1 atom stereocenters. The number of urea groups is 1. The van der Waals surface area contributed by atoms with Gasteiger partial charge in [0.2, 0.25) is 5.91 Å². The lowest BCUT2D eigenvalue weighted by Gasteiger charge is -2.31. The molecule has 1 aromatic carbocycles. The van der Waals surface area contributed by atoms with Crippen LogP contribution in [-0.2, 0) is 15.1 Å². The lowest BCUT2D eigenvalue weighted by atomic mass is 9.92. The van der Waals surface area contributed by atoms with E-state index in [-0.39, 0.29) is 18.2 Å².